The predicted octanol–water partition coefficient (Wildman–Crippen LogP) is 2.10. The van der Waals surface area contributed by atoms with Gasteiger partial charge in [0.25, 0.3) is 0 Å². The quantitative estimate of drug-likeness (QED) is 0.811. The summed E-state index contributed by atoms with van der Waals surface area (Å²) in [5.41, 5.74) is 7.40. The summed E-state index contributed by atoms with van der Waals surface area (Å²) in [5, 5.41) is 12.5. The van der Waals surface area contributed by atoms with E-state index in [9.17, 15) is 0 Å². The first-order chi connectivity index (χ1) is 7.85. The van der Waals surface area contributed by atoms with Gasteiger partial charge in [0.1, 0.15) is 6.07 Å². The number of nitrogens with zero attached hydrogens (tertiary/aromatic N) is 1. The Balaban J connectivity index is 2.12. The molecule has 3 N–H and O–H groups in total. The lowest BCUT2D eigenvalue weighted by Crippen LogP contribution is -2.29. The van der Waals surface area contributed by atoms with Crippen LogP contribution in [0.25, 0.3) is 0 Å². The number of hydrogen-bond donors (Lipinski definition) is 2. The van der Waals surface area contributed by atoms with Crippen molar-refractivity contribution in [2.45, 2.75) is 25.3 Å². The highest BCUT2D eigenvalue weighted by molar-refractivity contribution is 5.57. The van der Waals surface area contributed by atoms with Gasteiger partial charge in [-0.25, -0.2) is 0 Å². The molecule has 0 bridgehead atoms. The molecule has 2 rings (SSSR count). The summed E-state index contributed by atoms with van der Waals surface area (Å²) in [5.74, 6) is 0.548. The lowest BCUT2D eigenvalue weighted by Gasteiger charge is -2.21. The molecule has 1 aromatic rings. The van der Waals surface area contributed by atoms with Crippen molar-refractivity contribution in [3.63, 3.8) is 0 Å². The highest BCUT2D eigenvalue weighted by Gasteiger charge is 2.26. The lowest BCUT2D eigenvalue weighted by molar-refractivity contribution is 0.516. The SMILES string of the molecule is N#Cc1ccccc1NC1CCCC1CN. The number of nitrogens with one attached hydrogen (secondary N) is 1. The fraction of sp³-hybridized carbons (Fsp3) is 0.462. The molecule has 0 aliphatic heterocycles. The third-order valence-electron chi connectivity index (χ3n) is 3.35. The molecule has 1 fully saturated rings. The number of nitrogens with two attached hydrogens (primary N) is 1. The molecule has 2 atom stereocenters. The number of hydrogen-bond acceptors (Lipinski definition) is 3. The molecule has 1 saturated carbocycles. The molecule has 16 heavy (non-hydrogen) atoms. The molecule has 3 nitrogen and oxygen atoms in total. The van der Waals surface area contributed by atoms with Gasteiger partial charge in [-0.3, -0.25) is 0 Å². The zero-order valence-corrected chi connectivity index (χ0v) is 9.32. The molecule has 0 amide bonds. The number of rotatable bonds is 3. The van der Waals surface area contributed by atoms with Gasteiger partial charge in [-0.05, 0) is 37.4 Å². The van der Waals surface area contributed by atoms with Crippen molar-refractivity contribution in [2.24, 2.45) is 11.7 Å². The molecule has 2 unspecified atom stereocenters. The van der Waals surface area contributed by atoms with E-state index >= 15 is 0 Å². The van der Waals surface area contributed by atoms with E-state index in [0.717, 1.165) is 18.7 Å². The van der Waals surface area contributed by atoms with Crippen LogP contribution in [0, 0.1) is 17.2 Å². The Labute approximate surface area is 96.3 Å². The summed E-state index contributed by atoms with van der Waals surface area (Å²) in [6.07, 6.45) is 3.58. The Morgan fingerprint density at radius 2 is 2.19 bits per heavy atom. The zero-order valence-electron chi connectivity index (χ0n) is 9.32. The monoisotopic (exact) mass is 215 g/mol. The average Bonchev–Trinajstić information content (AvgIpc) is 2.77. The van der Waals surface area contributed by atoms with Gasteiger partial charge >= 0.3 is 0 Å². The average molecular weight is 215 g/mol. The van der Waals surface area contributed by atoms with Crippen LogP contribution in [0.2, 0.25) is 0 Å². The highest BCUT2D eigenvalue weighted by Crippen LogP contribution is 2.28. The molecule has 84 valence electrons. The zero-order chi connectivity index (χ0) is 11.4. The first-order valence-electron chi connectivity index (χ1n) is 5.81. The summed E-state index contributed by atoms with van der Waals surface area (Å²) in [6.45, 7) is 0.729. The standard InChI is InChI=1S/C13H17N3/c14-8-10-4-1-2-6-12(10)16-13-7-3-5-11(13)9-15/h1-2,4,6,11,13,16H,3,5,7,9,15H2. The van der Waals surface area contributed by atoms with E-state index in [-0.39, 0.29) is 0 Å². The maximum atomic E-state index is 9.00. The van der Waals surface area contributed by atoms with Crippen LogP contribution < -0.4 is 11.1 Å². The molecular weight excluding hydrogens is 198 g/mol. The summed E-state index contributed by atoms with van der Waals surface area (Å²) in [6, 6.07) is 10.3. The minimum atomic E-state index is 0.430. The van der Waals surface area contributed by atoms with Crippen molar-refractivity contribution in [3.8, 4) is 6.07 Å². The van der Waals surface area contributed by atoms with Crippen LogP contribution >= 0.6 is 0 Å². The lowest BCUT2D eigenvalue weighted by atomic mass is 10.0. The van der Waals surface area contributed by atoms with Crippen LogP contribution in [-0.4, -0.2) is 12.6 Å². The van der Waals surface area contributed by atoms with Gasteiger partial charge < -0.3 is 11.1 Å². The molecule has 0 saturated heterocycles. The molecule has 0 aromatic heterocycles. The van der Waals surface area contributed by atoms with Crippen LogP contribution in [0.3, 0.4) is 0 Å². The van der Waals surface area contributed by atoms with Gasteiger partial charge in [0.05, 0.1) is 11.3 Å². The molecule has 1 aromatic carbocycles. The van der Waals surface area contributed by atoms with E-state index in [4.69, 9.17) is 11.0 Å². The molecule has 0 spiro atoms. The van der Waals surface area contributed by atoms with Crippen LogP contribution in [0.15, 0.2) is 24.3 Å². The molecule has 0 heterocycles. The topological polar surface area (TPSA) is 61.8 Å². The van der Waals surface area contributed by atoms with E-state index in [2.05, 4.69) is 11.4 Å². The van der Waals surface area contributed by atoms with Gasteiger partial charge in [-0.1, -0.05) is 18.6 Å². The Kier molecular flexibility index (Phi) is 3.43. The summed E-state index contributed by atoms with van der Waals surface area (Å²) in [7, 11) is 0. The Morgan fingerprint density at radius 1 is 1.38 bits per heavy atom. The first kappa shape index (κ1) is 11.0. The molecular formula is C13H17N3. The second-order valence-corrected chi connectivity index (χ2v) is 4.33. The number of nitriles is 1. The van der Waals surface area contributed by atoms with Crippen molar-refractivity contribution in [1.29, 1.82) is 5.26 Å². The Hall–Kier alpha value is -1.53. The van der Waals surface area contributed by atoms with Crippen molar-refractivity contribution >= 4 is 5.69 Å². The number of para-hydroxylation sites is 1. The van der Waals surface area contributed by atoms with Gasteiger partial charge in [0.2, 0.25) is 0 Å². The van der Waals surface area contributed by atoms with Gasteiger partial charge in [0.15, 0.2) is 0 Å². The molecule has 1 aliphatic rings. The second kappa shape index (κ2) is 5.00. The van der Waals surface area contributed by atoms with E-state index in [0.29, 0.717) is 17.5 Å². The Morgan fingerprint density at radius 3 is 2.94 bits per heavy atom. The van der Waals surface area contributed by atoms with Crippen molar-refractivity contribution in [1.82, 2.24) is 0 Å². The third kappa shape index (κ3) is 2.17. The van der Waals surface area contributed by atoms with Gasteiger partial charge in [0, 0.05) is 6.04 Å². The van der Waals surface area contributed by atoms with Crippen molar-refractivity contribution in [3.05, 3.63) is 29.8 Å². The normalized spacial score (nSPS) is 24.0. The number of benzene rings is 1. The fourth-order valence-electron chi connectivity index (χ4n) is 2.42. The summed E-state index contributed by atoms with van der Waals surface area (Å²) in [4.78, 5) is 0. The van der Waals surface area contributed by atoms with E-state index in [1.165, 1.54) is 12.8 Å². The maximum absolute atomic E-state index is 9.00. The van der Waals surface area contributed by atoms with Crippen LogP contribution in [0.4, 0.5) is 5.69 Å². The largest absolute Gasteiger partial charge is 0.381 e. The first-order valence-corrected chi connectivity index (χ1v) is 5.81. The molecule has 0 radical (unpaired) electrons. The smallest absolute Gasteiger partial charge is 0.101 e. The Bertz CT molecular complexity index is 394. The van der Waals surface area contributed by atoms with Crippen LogP contribution in [0.1, 0.15) is 24.8 Å². The third-order valence-corrected chi connectivity index (χ3v) is 3.35. The van der Waals surface area contributed by atoms with E-state index in [1.54, 1.807) is 0 Å². The van der Waals surface area contributed by atoms with Crippen molar-refractivity contribution in [2.75, 3.05) is 11.9 Å². The van der Waals surface area contributed by atoms with E-state index in [1.807, 2.05) is 24.3 Å². The minimum Gasteiger partial charge on any atom is -0.381 e. The van der Waals surface area contributed by atoms with Gasteiger partial charge in [-0.15, -0.1) is 0 Å². The highest BCUT2D eigenvalue weighted by atomic mass is 14.9. The van der Waals surface area contributed by atoms with Crippen molar-refractivity contribution < 1.29 is 0 Å². The van der Waals surface area contributed by atoms with Crippen LogP contribution in [-0.2, 0) is 0 Å². The predicted molar refractivity (Wildman–Crippen MR) is 65.0 cm³/mol. The summed E-state index contributed by atoms with van der Waals surface area (Å²) >= 11 is 0. The molecule has 1 aliphatic carbocycles. The minimum absolute atomic E-state index is 0.430. The maximum Gasteiger partial charge on any atom is 0.101 e. The van der Waals surface area contributed by atoms with Crippen LogP contribution in [0.5, 0.6) is 0 Å². The second-order valence-electron chi connectivity index (χ2n) is 4.33. The number of anilines is 1. The fourth-order valence-corrected chi connectivity index (χ4v) is 2.42. The van der Waals surface area contributed by atoms with Gasteiger partial charge in [-0.2, -0.15) is 5.26 Å². The summed E-state index contributed by atoms with van der Waals surface area (Å²) < 4.78 is 0. The molecule has 3 heteroatoms. The van der Waals surface area contributed by atoms with E-state index < -0.39 is 0 Å².